The summed E-state index contributed by atoms with van der Waals surface area (Å²) in [7, 11) is 0. The molecule has 0 unspecified atom stereocenters. The zero-order valence-corrected chi connectivity index (χ0v) is 19.8. The number of rotatable bonds is 10. The molecule has 0 bridgehead atoms. The monoisotopic (exact) mass is 479 g/mol. The minimum absolute atomic E-state index is 0.318. The molecular weight excluding hydrogens is 452 g/mol. The predicted molar refractivity (Wildman–Crippen MR) is 128 cm³/mol. The number of nitrogens with one attached hydrogen (secondary N) is 2. The molecule has 2 amide bonds. The van der Waals surface area contributed by atoms with Gasteiger partial charge in [-0.15, -0.1) is 0 Å². The molecular formula is C26H27N2O7-. The Morgan fingerprint density at radius 3 is 2.46 bits per heavy atom. The van der Waals surface area contributed by atoms with Crippen LogP contribution in [0.1, 0.15) is 25.8 Å². The van der Waals surface area contributed by atoms with E-state index in [0.717, 1.165) is 16.5 Å². The number of aliphatic carboxylic acids is 1. The molecule has 0 saturated carbocycles. The lowest BCUT2D eigenvalue weighted by Crippen LogP contribution is -2.53. The van der Waals surface area contributed by atoms with E-state index in [1.54, 1.807) is 32.9 Å². The Balaban J connectivity index is 1.66. The third-order valence-corrected chi connectivity index (χ3v) is 5.78. The summed E-state index contributed by atoms with van der Waals surface area (Å²) < 4.78 is 11.0. The van der Waals surface area contributed by atoms with Gasteiger partial charge in [0.15, 0.2) is 6.61 Å². The summed E-state index contributed by atoms with van der Waals surface area (Å²) in [5.74, 6) is -2.57. The fraction of sp³-hybridized carbons (Fsp3) is 0.308. The highest BCUT2D eigenvalue weighted by Crippen LogP contribution is 2.32. The summed E-state index contributed by atoms with van der Waals surface area (Å²) in [6.45, 7) is 4.40. The molecule has 9 heteroatoms. The summed E-state index contributed by atoms with van der Waals surface area (Å²) >= 11 is 0. The Hall–Kier alpha value is -4.14. The molecule has 2 N–H and O–H groups in total. The first-order valence-corrected chi connectivity index (χ1v) is 11.2. The average Bonchev–Trinajstić information content (AvgIpc) is 2.85. The van der Waals surface area contributed by atoms with Crippen molar-refractivity contribution in [1.29, 1.82) is 0 Å². The molecule has 1 aromatic heterocycles. The van der Waals surface area contributed by atoms with Gasteiger partial charge in [0.1, 0.15) is 11.3 Å². The van der Waals surface area contributed by atoms with Gasteiger partial charge in [0.25, 0.3) is 5.91 Å². The summed E-state index contributed by atoms with van der Waals surface area (Å²) in [5.41, 5.74) is 1.99. The van der Waals surface area contributed by atoms with Crippen LogP contribution in [-0.2, 0) is 14.4 Å². The van der Waals surface area contributed by atoms with Crippen molar-refractivity contribution in [2.45, 2.75) is 33.2 Å². The summed E-state index contributed by atoms with van der Waals surface area (Å²) in [4.78, 5) is 47.6. The van der Waals surface area contributed by atoms with Gasteiger partial charge in [-0.2, -0.15) is 0 Å². The zero-order chi connectivity index (χ0) is 25.5. The van der Waals surface area contributed by atoms with Crippen LogP contribution < -0.4 is 26.1 Å². The third kappa shape index (κ3) is 6.26. The van der Waals surface area contributed by atoms with Crippen LogP contribution in [0.2, 0.25) is 0 Å². The first-order chi connectivity index (χ1) is 16.7. The smallest absolute Gasteiger partial charge is 0.336 e. The maximum Gasteiger partial charge on any atom is 0.336 e. The molecule has 0 spiro atoms. The topological polar surface area (TPSA) is 138 Å². The second-order valence-corrected chi connectivity index (χ2v) is 8.23. The number of hydrogen-bond donors (Lipinski definition) is 2. The maximum atomic E-state index is 12.2. The Bertz CT molecular complexity index is 1280. The zero-order valence-electron chi connectivity index (χ0n) is 19.8. The Morgan fingerprint density at radius 1 is 1.09 bits per heavy atom. The van der Waals surface area contributed by atoms with E-state index in [1.165, 1.54) is 6.07 Å². The third-order valence-electron chi connectivity index (χ3n) is 5.78. The number of benzene rings is 2. The fourth-order valence-electron chi connectivity index (χ4n) is 3.62. The Morgan fingerprint density at radius 2 is 1.80 bits per heavy atom. The molecule has 35 heavy (non-hydrogen) atoms. The predicted octanol–water partition coefficient (Wildman–Crippen LogP) is 1.54. The number of amides is 2. The van der Waals surface area contributed by atoms with E-state index in [2.05, 4.69) is 10.6 Å². The van der Waals surface area contributed by atoms with Crippen LogP contribution in [0.25, 0.3) is 22.1 Å². The molecule has 0 aliphatic heterocycles. The number of hydrogen-bond acceptors (Lipinski definition) is 7. The van der Waals surface area contributed by atoms with Gasteiger partial charge in [-0.1, -0.05) is 50.6 Å². The number of carboxylic acids is 1. The highest BCUT2D eigenvalue weighted by atomic mass is 16.5. The van der Waals surface area contributed by atoms with E-state index in [0.29, 0.717) is 23.3 Å². The summed E-state index contributed by atoms with van der Waals surface area (Å²) in [6, 6.07) is 13.2. The van der Waals surface area contributed by atoms with Crippen molar-refractivity contribution in [3.8, 4) is 16.9 Å². The van der Waals surface area contributed by atoms with Gasteiger partial charge in [0, 0.05) is 17.0 Å². The van der Waals surface area contributed by atoms with Crippen molar-refractivity contribution in [1.82, 2.24) is 10.6 Å². The van der Waals surface area contributed by atoms with Crippen LogP contribution >= 0.6 is 0 Å². The number of carboxylic acid groups (broad SMARTS) is 1. The molecule has 0 fully saturated rings. The van der Waals surface area contributed by atoms with E-state index in [1.807, 2.05) is 30.3 Å². The molecule has 2 aromatic carbocycles. The van der Waals surface area contributed by atoms with Gasteiger partial charge >= 0.3 is 5.63 Å². The first kappa shape index (κ1) is 25.5. The molecule has 3 rings (SSSR count). The minimum atomic E-state index is -1.38. The van der Waals surface area contributed by atoms with Crippen molar-refractivity contribution < 1.29 is 28.6 Å². The molecule has 9 nitrogen and oxygen atoms in total. The van der Waals surface area contributed by atoms with Crippen molar-refractivity contribution >= 4 is 28.8 Å². The van der Waals surface area contributed by atoms with Crippen LogP contribution in [-0.4, -0.2) is 37.0 Å². The van der Waals surface area contributed by atoms with Crippen LogP contribution in [0.3, 0.4) is 0 Å². The van der Waals surface area contributed by atoms with Crippen LogP contribution in [0.4, 0.5) is 0 Å². The largest absolute Gasteiger partial charge is 0.548 e. The quantitative estimate of drug-likeness (QED) is 0.421. The standard InChI is InChI=1S/C26H28N2O7/c1-4-15(2)24(26(32)33)28-21(29)13-27-22(30)14-34-20-11-10-18-19(17-8-6-5-7-9-17)12-23(31)35-25(18)16(20)3/h5-12,15,24H,4,13-14H2,1-3H3,(H,27,30)(H,28,29)(H,32,33)/p-1/t15-,24-/m0/s1. The van der Waals surface area contributed by atoms with Crippen LogP contribution in [0.15, 0.2) is 57.7 Å². The van der Waals surface area contributed by atoms with E-state index in [-0.39, 0.29) is 5.92 Å². The summed E-state index contributed by atoms with van der Waals surface area (Å²) in [6.07, 6.45) is 0.539. The SMILES string of the molecule is CC[C@H](C)[C@H](NC(=O)CNC(=O)COc1ccc2c(-c3ccccc3)cc(=O)oc2c1C)C(=O)[O-]. The Labute approximate surface area is 202 Å². The lowest BCUT2D eigenvalue weighted by atomic mass is 9.99. The normalized spacial score (nSPS) is 12.5. The minimum Gasteiger partial charge on any atom is -0.548 e. The number of aryl methyl sites for hydroxylation is 1. The first-order valence-electron chi connectivity index (χ1n) is 11.2. The lowest BCUT2D eigenvalue weighted by Gasteiger charge is -2.25. The van der Waals surface area contributed by atoms with Crippen molar-refractivity contribution in [2.24, 2.45) is 5.92 Å². The van der Waals surface area contributed by atoms with Gasteiger partial charge in [-0.3, -0.25) is 9.59 Å². The number of fused-ring (bicyclic) bond motifs is 1. The van der Waals surface area contributed by atoms with Gasteiger partial charge in [-0.05, 0) is 36.1 Å². The van der Waals surface area contributed by atoms with Crippen LogP contribution in [0, 0.1) is 12.8 Å². The van der Waals surface area contributed by atoms with Gasteiger partial charge in [0.2, 0.25) is 5.91 Å². The van der Waals surface area contributed by atoms with E-state index >= 15 is 0 Å². The van der Waals surface area contributed by atoms with E-state index in [4.69, 9.17) is 9.15 Å². The van der Waals surface area contributed by atoms with Gasteiger partial charge < -0.3 is 29.7 Å². The highest BCUT2D eigenvalue weighted by molar-refractivity contribution is 5.95. The molecule has 0 saturated heterocycles. The van der Waals surface area contributed by atoms with Crippen LogP contribution in [0.5, 0.6) is 5.75 Å². The van der Waals surface area contributed by atoms with Gasteiger partial charge in [-0.25, -0.2) is 4.79 Å². The molecule has 0 aliphatic rings. The molecule has 1 heterocycles. The van der Waals surface area contributed by atoms with Gasteiger partial charge in [0.05, 0.1) is 18.6 Å². The van der Waals surface area contributed by atoms with Crippen molar-refractivity contribution in [2.75, 3.05) is 13.2 Å². The molecule has 0 aliphatic carbocycles. The van der Waals surface area contributed by atoms with E-state index < -0.39 is 42.6 Å². The highest BCUT2D eigenvalue weighted by Gasteiger charge is 2.20. The molecule has 184 valence electrons. The lowest BCUT2D eigenvalue weighted by molar-refractivity contribution is -0.309. The Kier molecular flexibility index (Phi) is 8.25. The number of carbonyl (C=O) groups excluding carboxylic acids is 3. The maximum absolute atomic E-state index is 12.2. The molecule has 0 radical (unpaired) electrons. The number of carbonyl (C=O) groups is 3. The van der Waals surface area contributed by atoms with Crippen molar-refractivity contribution in [3.05, 3.63) is 64.5 Å². The second kappa shape index (κ2) is 11.3. The average molecular weight is 480 g/mol. The van der Waals surface area contributed by atoms with E-state index in [9.17, 15) is 24.3 Å². The number of ether oxygens (including phenoxy) is 1. The molecule has 2 atom stereocenters. The second-order valence-electron chi connectivity index (χ2n) is 8.23. The molecule has 3 aromatic rings. The van der Waals surface area contributed by atoms with Crippen molar-refractivity contribution in [3.63, 3.8) is 0 Å². The summed E-state index contributed by atoms with van der Waals surface area (Å²) in [5, 5.41) is 16.7. The fourth-order valence-corrected chi connectivity index (χ4v) is 3.62.